The standard InChI is InChI=1S/C32H37BO3/c1-29(2)16-17-30(3,4)24-19-21(12-14-23(24)29)20-13-15-26-22(18-20)28-25(10-9-11-27(28)34-26)33-35-31(5,6)32(7,8)36-33/h9-15,18-19H,16-17H2,1-8H3. The molecule has 4 aromatic rings. The molecule has 0 amide bonds. The molecule has 0 saturated carbocycles. The Balaban J connectivity index is 1.50. The predicted molar refractivity (Wildman–Crippen MR) is 150 cm³/mol. The highest BCUT2D eigenvalue weighted by Gasteiger charge is 2.52. The van der Waals surface area contributed by atoms with Crippen LogP contribution in [0, 0.1) is 0 Å². The quantitative estimate of drug-likeness (QED) is 0.273. The van der Waals surface area contributed by atoms with Crippen molar-refractivity contribution in [3.8, 4) is 11.1 Å². The van der Waals surface area contributed by atoms with E-state index in [-0.39, 0.29) is 10.8 Å². The van der Waals surface area contributed by atoms with Crippen LogP contribution in [0.1, 0.15) is 79.4 Å². The van der Waals surface area contributed by atoms with Gasteiger partial charge >= 0.3 is 7.12 Å². The van der Waals surface area contributed by atoms with Gasteiger partial charge in [-0.05, 0) is 97.3 Å². The van der Waals surface area contributed by atoms with Crippen molar-refractivity contribution in [2.24, 2.45) is 0 Å². The fourth-order valence-corrected chi connectivity index (χ4v) is 5.97. The molecule has 1 aliphatic carbocycles. The highest BCUT2D eigenvalue weighted by molar-refractivity contribution is 6.66. The van der Waals surface area contributed by atoms with Crippen LogP contribution in [0.5, 0.6) is 0 Å². The molecular formula is C32H37BO3. The highest BCUT2D eigenvalue weighted by atomic mass is 16.7. The third kappa shape index (κ3) is 3.49. The van der Waals surface area contributed by atoms with E-state index in [0.29, 0.717) is 0 Å². The fourth-order valence-electron chi connectivity index (χ4n) is 5.97. The smallest absolute Gasteiger partial charge is 0.456 e. The Labute approximate surface area is 215 Å². The Bertz CT molecular complexity index is 1490. The lowest BCUT2D eigenvalue weighted by Crippen LogP contribution is -2.41. The molecule has 1 aromatic heterocycles. The molecule has 0 bridgehead atoms. The van der Waals surface area contributed by atoms with Gasteiger partial charge in [0.1, 0.15) is 11.2 Å². The van der Waals surface area contributed by atoms with Crippen LogP contribution in [0.15, 0.2) is 59.0 Å². The molecule has 4 heteroatoms. The van der Waals surface area contributed by atoms with E-state index in [1.54, 1.807) is 0 Å². The zero-order chi connectivity index (χ0) is 25.7. The number of hydrogen-bond donors (Lipinski definition) is 0. The van der Waals surface area contributed by atoms with E-state index in [0.717, 1.165) is 27.4 Å². The summed E-state index contributed by atoms with van der Waals surface area (Å²) in [6, 6.07) is 19.8. The summed E-state index contributed by atoms with van der Waals surface area (Å²) in [5.74, 6) is 0. The van der Waals surface area contributed by atoms with Crippen LogP contribution >= 0.6 is 0 Å². The first-order chi connectivity index (χ1) is 16.8. The Hall–Kier alpha value is -2.56. The summed E-state index contributed by atoms with van der Waals surface area (Å²) in [7, 11) is -0.435. The second-order valence-corrected chi connectivity index (χ2v) is 13.1. The van der Waals surface area contributed by atoms with E-state index in [2.05, 4.69) is 97.9 Å². The average Bonchev–Trinajstić information content (AvgIpc) is 3.29. The zero-order valence-corrected chi connectivity index (χ0v) is 22.9. The number of furan rings is 1. The van der Waals surface area contributed by atoms with E-state index in [4.69, 9.17) is 13.7 Å². The molecule has 2 aliphatic rings. The van der Waals surface area contributed by atoms with E-state index in [9.17, 15) is 0 Å². The molecule has 186 valence electrons. The number of hydrogen-bond acceptors (Lipinski definition) is 3. The lowest BCUT2D eigenvalue weighted by molar-refractivity contribution is 0.00578. The summed E-state index contributed by atoms with van der Waals surface area (Å²) in [5, 5.41) is 2.18. The average molecular weight is 480 g/mol. The summed E-state index contributed by atoms with van der Waals surface area (Å²) < 4.78 is 19.2. The van der Waals surface area contributed by atoms with Crippen molar-refractivity contribution in [2.45, 2.75) is 90.3 Å². The van der Waals surface area contributed by atoms with Crippen molar-refractivity contribution in [3.63, 3.8) is 0 Å². The Morgan fingerprint density at radius 1 is 0.639 bits per heavy atom. The van der Waals surface area contributed by atoms with Crippen LogP contribution in [0.25, 0.3) is 33.1 Å². The summed E-state index contributed by atoms with van der Waals surface area (Å²) in [6.45, 7) is 17.9. The molecule has 0 atom stereocenters. The lowest BCUT2D eigenvalue weighted by Gasteiger charge is -2.42. The maximum atomic E-state index is 6.43. The molecule has 1 fully saturated rings. The molecule has 1 saturated heterocycles. The fraction of sp³-hybridized carbons (Fsp3) is 0.438. The monoisotopic (exact) mass is 480 g/mol. The number of rotatable bonds is 2. The SMILES string of the molecule is CC1(C)CCC(C)(C)c2cc(-c3ccc4oc5cccc(B6OC(C)(C)C(C)(C)O6)c5c4c3)ccc21. The molecule has 6 rings (SSSR count). The van der Waals surface area contributed by atoms with Crippen LogP contribution in [0.2, 0.25) is 0 Å². The third-order valence-corrected chi connectivity index (χ3v) is 9.22. The second-order valence-electron chi connectivity index (χ2n) is 13.1. The molecule has 36 heavy (non-hydrogen) atoms. The van der Waals surface area contributed by atoms with Gasteiger partial charge in [0.15, 0.2) is 0 Å². The van der Waals surface area contributed by atoms with Gasteiger partial charge in [0.25, 0.3) is 0 Å². The van der Waals surface area contributed by atoms with Gasteiger partial charge in [0.2, 0.25) is 0 Å². The van der Waals surface area contributed by atoms with Crippen molar-refractivity contribution in [2.75, 3.05) is 0 Å². The maximum absolute atomic E-state index is 6.43. The Kier molecular flexibility index (Phi) is 4.96. The van der Waals surface area contributed by atoms with Crippen molar-refractivity contribution >= 4 is 34.5 Å². The van der Waals surface area contributed by atoms with Gasteiger partial charge in [-0.3, -0.25) is 0 Å². The first-order valence-electron chi connectivity index (χ1n) is 13.3. The van der Waals surface area contributed by atoms with Gasteiger partial charge in [-0.25, -0.2) is 0 Å². The summed E-state index contributed by atoms with van der Waals surface area (Å²) in [4.78, 5) is 0. The van der Waals surface area contributed by atoms with Gasteiger partial charge < -0.3 is 13.7 Å². The minimum Gasteiger partial charge on any atom is -0.456 e. The minimum absolute atomic E-state index is 0.178. The molecule has 0 radical (unpaired) electrons. The van der Waals surface area contributed by atoms with Crippen molar-refractivity contribution in [1.82, 2.24) is 0 Å². The summed E-state index contributed by atoms with van der Waals surface area (Å²) >= 11 is 0. The van der Waals surface area contributed by atoms with Gasteiger partial charge in [0, 0.05) is 10.8 Å². The third-order valence-electron chi connectivity index (χ3n) is 9.22. The van der Waals surface area contributed by atoms with E-state index in [1.807, 2.05) is 12.1 Å². The minimum atomic E-state index is -0.435. The molecule has 1 aliphatic heterocycles. The van der Waals surface area contributed by atoms with Gasteiger partial charge in [0.05, 0.1) is 11.2 Å². The van der Waals surface area contributed by atoms with Crippen molar-refractivity contribution in [3.05, 3.63) is 65.7 Å². The van der Waals surface area contributed by atoms with Crippen molar-refractivity contribution in [1.29, 1.82) is 0 Å². The van der Waals surface area contributed by atoms with E-state index in [1.165, 1.54) is 35.1 Å². The van der Waals surface area contributed by atoms with Crippen LogP contribution in [0.4, 0.5) is 0 Å². The molecule has 2 heterocycles. The molecule has 3 aromatic carbocycles. The maximum Gasteiger partial charge on any atom is 0.495 e. The number of fused-ring (bicyclic) bond motifs is 4. The predicted octanol–water partition coefficient (Wildman–Crippen LogP) is 7.90. The summed E-state index contributed by atoms with van der Waals surface area (Å²) in [5.41, 5.74) is 7.80. The zero-order valence-electron chi connectivity index (χ0n) is 22.9. The van der Waals surface area contributed by atoms with Gasteiger partial charge in [-0.15, -0.1) is 0 Å². The van der Waals surface area contributed by atoms with Gasteiger partial charge in [-0.1, -0.05) is 64.1 Å². The Morgan fingerprint density at radius 3 is 1.94 bits per heavy atom. The number of benzene rings is 3. The Morgan fingerprint density at radius 2 is 1.25 bits per heavy atom. The first kappa shape index (κ1) is 23.8. The van der Waals surface area contributed by atoms with Crippen molar-refractivity contribution < 1.29 is 13.7 Å². The molecule has 3 nitrogen and oxygen atoms in total. The highest BCUT2D eigenvalue weighted by Crippen LogP contribution is 2.47. The lowest BCUT2D eigenvalue weighted by atomic mass is 9.63. The van der Waals surface area contributed by atoms with E-state index < -0.39 is 18.3 Å². The molecular weight excluding hydrogens is 443 g/mol. The van der Waals surface area contributed by atoms with Crippen LogP contribution < -0.4 is 5.46 Å². The largest absolute Gasteiger partial charge is 0.495 e. The topological polar surface area (TPSA) is 31.6 Å². The normalized spacial score (nSPS) is 21.7. The first-order valence-corrected chi connectivity index (χ1v) is 13.3. The summed E-state index contributed by atoms with van der Waals surface area (Å²) in [6.07, 6.45) is 2.43. The van der Waals surface area contributed by atoms with Crippen LogP contribution in [0.3, 0.4) is 0 Å². The van der Waals surface area contributed by atoms with Crippen LogP contribution in [-0.2, 0) is 20.1 Å². The van der Waals surface area contributed by atoms with Gasteiger partial charge in [-0.2, -0.15) is 0 Å². The van der Waals surface area contributed by atoms with E-state index >= 15 is 0 Å². The molecule has 0 N–H and O–H groups in total. The second kappa shape index (κ2) is 7.49. The van der Waals surface area contributed by atoms with Crippen LogP contribution in [-0.4, -0.2) is 18.3 Å². The molecule has 0 spiro atoms. The molecule has 0 unspecified atom stereocenters.